The van der Waals surface area contributed by atoms with Gasteiger partial charge in [0.15, 0.2) is 0 Å². The van der Waals surface area contributed by atoms with Gasteiger partial charge >= 0.3 is 0 Å². The molecule has 1 heterocycles. The fraction of sp³-hybridized carbons (Fsp3) is 0.900. The van der Waals surface area contributed by atoms with Gasteiger partial charge < -0.3 is 0 Å². The van der Waals surface area contributed by atoms with Gasteiger partial charge in [-0.15, -0.1) is 0 Å². The third kappa shape index (κ3) is 1.86. The quantitative estimate of drug-likeness (QED) is 0.642. The summed E-state index contributed by atoms with van der Waals surface area (Å²) in [5.74, 6) is 0.341. The monoisotopic (exact) mass is 169 g/mol. The van der Waals surface area contributed by atoms with Crippen molar-refractivity contribution in [3.8, 4) is 0 Å². The van der Waals surface area contributed by atoms with Crippen molar-refractivity contribution in [2.75, 3.05) is 6.54 Å². The fourth-order valence-corrected chi connectivity index (χ4v) is 1.99. The van der Waals surface area contributed by atoms with Crippen LogP contribution in [0.1, 0.15) is 40.0 Å². The van der Waals surface area contributed by atoms with Crippen molar-refractivity contribution in [3.05, 3.63) is 0 Å². The number of Topliss-reactive ketones (excluding diaryl/α,β-unsaturated/α-hetero) is 1. The maximum Gasteiger partial charge on any atom is 0.146 e. The van der Waals surface area contributed by atoms with Gasteiger partial charge in [-0.05, 0) is 39.7 Å². The van der Waals surface area contributed by atoms with Crippen LogP contribution in [0.3, 0.4) is 0 Å². The molecular formula is C10H19NO. The first-order valence-electron chi connectivity index (χ1n) is 4.93. The van der Waals surface area contributed by atoms with Crippen LogP contribution in [0.25, 0.3) is 0 Å². The molecule has 0 aromatic rings. The maximum absolute atomic E-state index is 11.2. The fourth-order valence-electron chi connectivity index (χ4n) is 1.99. The second-order valence-corrected chi connectivity index (χ2v) is 3.76. The third-order valence-corrected chi connectivity index (χ3v) is 2.92. The lowest BCUT2D eigenvalue weighted by atomic mass is 10.1. The van der Waals surface area contributed by atoms with Crippen LogP contribution < -0.4 is 0 Å². The summed E-state index contributed by atoms with van der Waals surface area (Å²) in [5, 5.41) is 0. The molecule has 2 heteroatoms. The number of hydrogen-bond acceptors (Lipinski definition) is 2. The van der Waals surface area contributed by atoms with Gasteiger partial charge in [0, 0.05) is 6.04 Å². The van der Waals surface area contributed by atoms with E-state index in [0.717, 1.165) is 19.4 Å². The van der Waals surface area contributed by atoms with Gasteiger partial charge in [-0.1, -0.05) is 6.92 Å². The van der Waals surface area contributed by atoms with E-state index < -0.39 is 0 Å². The molecule has 1 aliphatic rings. The molecule has 70 valence electrons. The van der Waals surface area contributed by atoms with E-state index in [1.165, 1.54) is 6.42 Å². The van der Waals surface area contributed by atoms with Crippen LogP contribution in [-0.4, -0.2) is 29.3 Å². The summed E-state index contributed by atoms with van der Waals surface area (Å²) in [7, 11) is 0. The average Bonchev–Trinajstić information content (AvgIpc) is 2.50. The minimum atomic E-state index is 0.222. The Morgan fingerprint density at radius 1 is 1.67 bits per heavy atom. The summed E-state index contributed by atoms with van der Waals surface area (Å²) < 4.78 is 0. The molecule has 0 aromatic heterocycles. The molecule has 0 N–H and O–H groups in total. The molecule has 0 saturated carbocycles. The first kappa shape index (κ1) is 9.72. The maximum atomic E-state index is 11.2. The predicted molar refractivity (Wildman–Crippen MR) is 50.2 cm³/mol. The molecule has 0 bridgehead atoms. The molecule has 0 radical (unpaired) electrons. The Bertz CT molecular complexity index is 167. The van der Waals surface area contributed by atoms with E-state index >= 15 is 0 Å². The normalized spacial score (nSPS) is 27.4. The second kappa shape index (κ2) is 4.04. The minimum absolute atomic E-state index is 0.222. The summed E-state index contributed by atoms with van der Waals surface area (Å²) in [6, 6.07) is 0.793. The summed E-state index contributed by atoms with van der Waals surface area (Å²) >= 11 is 0. The Balaban J connectivity index is 2.57. The van der Waals surface area contributed by atoms with Crippen LogP contribution in [0, 0.1) is 0 Å². The summed E-state index contributed by atoms with van der Waals surface area (Å²) in [5.41, 5.74) is 0. The van der Waals surface area contributed by atoms with Crippen LogP contribution in [0.2, 0.25) is 0 Å². The highest BCUT2D eigenvalue weighted by Crippen LogP contribution is 2.21. The molecule has 2 nitrogen and oxygen atoms in total. The summed E-state index contributed by atoms with van der Waals surface area (Å²) in [4.78, 5) is 13.6. The number of rotatable bonds is 3. The number of carbonyl (C=O) groups is 1. The first-order chi connectivity index (χ1) is 5.66. The molecule has 1 fully saturated rings. The van der Waals surface area contributed by atoms with Crippen molar-refractivity contribution in [1.29, 1.82) is 0 Å². The highest BCUT2D eigenvalue weighted by atomic mass is 16.1. The third-order valence-electron chi connectivity index (χ3n) is 2.92. The number of carbonyl (C=O) groups excluding carboxylic acids is 1. The van der Waals surface area contributed by atoms with Crippen LogP contribution in [0.5, 0.6) is 0 Å². The smallest absolute Gasteiger partial charge is 0.146 e. The Morgan fingerprint density at radius 2 is 2.33 bits per heavy atom. The zero-order valence-corrected chi connectivity index (χ0v) is 8.34. The molecule has 12 heavy (non-hydrogen) atoms. The molecule has 2 atom stereocenters. The highest BCUT2D eigenvalue weighted by Gasteiger charge is 2.30. The number of likely N-dealkylation sites (tertiary alicyclic amines) is 1. The number of nitrogens with zero attached hydrogens (tertiary/aromatic N) is 1. The molecule has 1 aliphatic heterocycles. The Labute approximate surface area is 74.9 Å². The first-order valence-corrected chi connectivity index (χ1v) is 4.93. The van der Waals surface area contributed by atoms with E-state index in [2.05, 4.69) is 18.7 Å². The Kier molecular flexibility index (Phi) is 3.27. The van der Waals surface area contributed by atoms with Gasteiger partial charge in [0.05, 0.1) is 6.04 Å². The van der Waals surface area contributed by atoms with Gasteiger partial charge in [0.2, 0.25) is 0 Å². The van der Waals surface area contributed by atoms with Crippen molar-refractivity contribution in [3.63, 3.8) is 0 Å². The van der Waals surface area contributed by atoms with Crippen molar-refractivity contribution in [1.82, 2.24) is 4.90 Å². The van der Waals surface area contributed by atoms with E-state index in [4.69, 9.17) is 0 Å². The van der Waals surface area contributed by atoms with Gasteiger partial charge in [-0.3, -0.25) is 9.69 Å². The summed E-state index contributed by atoms with van der Waals surface area (Å²) in [6.07, 6.45) is 3.40. The molecule has 1 rings (SSSR count). The molecule has 0 aromatic carbocycles. The van der Waals surface area contributed by atoms with Gasteiger partial charge in [0.1, 0.15) is 5.78 Å². The molecule has 0 aliphatic carbocycles. The van der Waals surface area contributed by atoms with E-state index in [9.17, 15) is 4.79 Å². The summed E-state index contributed by atoms with van der Waals surface area (Å²) in [6.45, 7) is 7.21. The van der Waals surface area contributed by atoms with Crippen molar-refractivity contribution >= 4 is 5.78 Å². The van der Waals surface area contributed by atoms with Gasteiger partial charge in [0.25, 0.3) is 0 Å². The van der Waals surface area contributed by atoms with Gasteiger partial charge in [-0.25, -0.2) is 0 Å². The van der Waals surface area contributed by atoms with Crippen molar-refractivity contribution in [2.24, 2.45) is 0 Å². The highest BCUT2D eigenvalue weighted by molar-refractivity contribution is 5.81. The number of ketones is 1. The average molecular weight is 169 g/mol. The Hall–Kier alpha value is -0.370. The van der Waals surface area contributed by atoms with Gasteiger partial charge in [-0.2, -0.15) is 0 Å². The van der Waals surface area contributed by atoms with Crippen LogP contribution in [0.15, 0.2) is 0 Å². The molecule has 0 spiro atoms. The van der Waals surface area contributed by atoms with E-state index in [1.807, 2.05) is 0 Å². The lowest BCUT2D eigenvalue weighted by molar-refractivity contribution is -0.121. The molecule has 1 saturated heterocycles. The molecule has 0 amide bonds. The SMILES string of the molecule is CCC(C)N1CCC[C@@H]1C(C)=O. The topological polar surface area (TPSA) is 20.3 Å². The Morgan fingerprint density at radius 3 is 2.83 bits per heavy atom. The van der Waals surface area contributed by atoms with Crippen LogP contribution in [0.4, 0.5) is 0 Å². The van der Waals surface area contributed by atoms with E-state index in [0.29, 0.717) is 11.8 Å². The zero-order chi connectivity index (χ0) is 9.14. The standard InChI is InChI=1S/C10H19NO/c1-4-8(2)11-7-5-6-10(11)9(3)12/h8,10H,4-7H2,1-3H3/t8?,10-/m1/s1. The van der Waals surface area contributed by atoms with Crippen molar-refractivity contribution < 1.29 is 4.79 Å². The lowest BCUT2D eigenvalue weighted by Crippen LogP contribution is -2.40. The van der Waals surface area contributed by atoms with Crippen LogP contribution >= 0.6 is 0 Å². The zero-order valence-electron chi connectivity index (χ0n) is 8.34. The second-order valence-electron chi connectivity index (χ2n) is 3.76. The largest absolute Gasteiger partial charge is 0.298 e. The van der Waals surface area contributed by atoms with E-state index in [-0.39, 0.29) is 6.04 Å². The van der Waals surface area contributed by atoms with Crippen LogP contribution in [-0.2, 0) is 4.79 Å². The predicted octanol–water partition coefficient (Wildman–Crippen LogP) is 1.84. The molecule has 1 unspecified atom stereocenters. The van der Waals surface area contributed by atoms with Crippen molar-refractivity contribution in [2.45, 2.75) is 52.1 Å². The van der Waals surface area contributed by atoms with E-state index in [1.54, 1.807) is 6.92 Å². The minimum Gasteiger partial charge on any atom is -0.298 e. The lowest BCUT2D eigenvalue weighted by Gasteiger charge is -2.28. The molecular weight excluding hydrogens is 150 g/mol. The number of hydrogen-bond donors (Lipinski definition) is 0.